The van der Waals surface area contributed by atoms with E-state index >= 15 is 0 Å². The number of hydrogen-bond donors (Lipinski definition) is 2. The Balaban J connectivity index is 1.53. The molecule has 20 heavy (non-hydrogen) atoms. The van der Waals surface area contributed by atoms with Crippen LogP contribution in [-0.2, 0) is 14.3 Å². The molecule has 2 saturated heterocycles. The lowest BCUT2D eigenvalue weighted by Crippen LogP contribution is -2.35. The minimum atomic E-state index is 0.0979. The smallest absolute Gasteiger partial charge is 0.222 e. The molecule has 2 atom stereocenters. The van der Waals surface area contributed by atoms with E-state index in [-0.39, 0.29) is 5.91 Å². The maximum atomic E-state index is 11.8. The van der Waals surface area contributed by atoms with Crippen LogP contribution >= 0.6 is 0 Å². The van der Waals surface area contributed by atoms with E-state index in [1.807, 2.05) is 0 Å². The Hall–Kier alpha value is -0.650. The van der Waals surface area contributed by atoms with Crippen LogP contribution in [0, 0.1) is 5.92 Å². The largest absolute Gasteiger partial charge is 0.378 e. The second kappa shape index (κ2) is 8.60. The van der Waals surface area contributed by atoms with Gasteiger partial charge in [-0.2, -0.15) is 0 Å². The van der Waals surface area contributed by atoms with E-state index in [0.29, 0.717) is 31.2 Å². The standard InChI is InChI=1S/C15H28N2O3/c1-2-14-12(5-9-20-14)11-17-15(18)6-10-19-13-3-7-16-8-4-13/h12-14,16H,2-11H2,1H3,(H,17,18). The number of carbonyl (C=O) groups is 1. The summed E-state index contributed by atoms with van der Waals surface area (Å²) in [4.78, 5) is 11.8. The van der Waals surface area contributed by atoms with E-state index in [0.717, 1.165) is 51.9 Å². The number of hydrogen-bond acceptors (Lipinski definition) is 4. The first-order chi connectivity index (χ1) is 9.79. The fourth-order valence-corrected chi connectivity index (χ4v) is 2.99. The number of amides is 1. The van der Waals surface area contributed by atoms with Crippen molar-refractivity contribution in [1.29, 1.82) is 0 Å². The van der Waals surface area contributed by atoms with Crippen molar-refractivity contribution in [2.45, 2.75) is 51.2 Å². The monoisotopic (exact) mass is 284 g/mol. The molecule has 2 fully saturated rings. The zero-order chi connectivity index (χ0) is 14.2. The highest BCUT2D eigenvalue weighted by atomic mass is 16.5. The Morgan fingerprint density at radius 1 is 1.35 bits per heavy atom. The van der Waals surface area contributed by atoms with E-state index in [1.54, 1.807) is 0 Å². The minimum absolute atomic E-state index is 0.0979. The molecule has 0 aromatic heterocycles. The van der Waals surface area contributed by atoms with Gasteiger partial charge in [0.2, 0.25) is 5.91 Å². The first-order valence-corrected chi connectivity index (χ1v) is 8.00. The summed E-state index contributed by atoms with van der Waals surface area (Å²) in [7, 11) is 0. The second-order valence-electron chi connectivity index (χ2n) is 5.74. The molecule has 2 unspecified atom stereocenters. The lowest BCUT2D eigenvalue weighted by atomic mass is 10.00. The van der Waals surface area contributed by atoms with Gasteiger partial charge < -0.3 is 20.1 Å². The summed E-state index contributed by atoms with van der Waals surface area (Å²) in [5.74, 6) is 0.579. The molecule has 0 radical (unpaired) electrons. The highest BCUT2D eigenvalue weighted by molar-refractivity contribution is 5.75. The highest BCUT2D eigenvalue weighted by Gasteiger charge is 2.26. The van der Waals surface area contributed by atoms with E-state index in [9.17, 15) is 4.79 Å². The van der Waals surface area contributed by atoms with Crippen molar-refractivity contribution in [3.8, 4) is 0 Å². The predicted molar refractivity (Wildman–Crippen MR) is 77.6 cm³/mol. The molecule has 2 rings (SSSR count). The Labute approximate surface area is 121 Å². The van der Waals surface area contributed by atoms with Crippen molar-refractivity contribution >= 4 is 5.91 Å². The average molecular weight is 284 g/mol. The molecular formula is C15H28N2O3. The average Bonchev–Trinajstić information content (AvgIpc) is 2.94. The normalized spacial score (nSPS) is 27.6. The van der Waals surface area contributed by atoms with Crippen molar-refractivity contribution in [1.82, 2.24) is 10.6 Å². The van der Waals surface area contributed by atoms with Gasteiger partial charge in [-0.1, -0.05) is 6.92 Å². The van der Waals surface area contributed by atoms with E-state index in [2.05, 4.69) is 17.6 Å². The van der Waals surface area contributed by atoms with E-state index in [1.165, 1.54) is 0 Å². The van der Waals surface area contributed by atoms with Gasteiger partial charge >= 0.3 is 0 Å². The second-order valence-corrected chi connectivity index (χ2v) is 5.74. The first-order valence-electron chi connectivity index (χ1n) is 8.00. The summed E-state index contributed by atoms with van der Waals surface area (Å²) in [5.41, 5.74) is 0. The summed E-state index contributed by atoms with van der Waals surface area (Å²) >= 11 is 0. The van der Waals surface area contributed by atoms with Crippen molar-refractivity contribution < 1.29 is 14.3 Å². The zero-order valence-electron chi connectivity index (χ0n) is 12.5. The van der Waals surface area contributed by atoms with Crippen LogP contribution in [0.5, 0.6) is 0 Å². The van der Waals surface area contributed by atoms with Crippen LogP contribution in [0.1, 0.15) is 39.0 Å². The summed E-state index contributed by atoms with van der Waals surface area (Å²) in [6.45, 7) is 6.29. The van der Waals surface area contributed by atoms with Crippen LogP contribution in [0.2, 0.25) is 0 Å². The Morgan fingerprint density at radius 3 is 2.90 bits per heavy atom. The topological polar surface area (TPSA) is 59.6 Å². The molecule has 2 aliphatic heterocycles. The van der Waals surface area contributed by atoms with Gasteiger partial charge in [-0.25, -0.2) is 0 Å². The van der Waals surface area contributed by atoms with Gasteiger partial charge in [-0.3, -0.25) is 4.79 Å². The molecule has 0 aliphatic carbocycles. The van der Waals surface area contributed by atoms with Gasteiger partial charge in [0.05, 0.1) is 18.8 Å². The zero-order valence-corrected chi connectivity index (χ0v) is 12.5. The minimum Gasteiger partial charge on any atom is -0.378 e. The lowest BCUT2D eigenvalue weighted by Gasteiger charge is -2.23. The van der Waals surface area contributed by atoms with Crippen LogP contribution in [-0.4, -0.2) is 51.0 Å². The molecule has 0 bridgehead atoms. The van der Waals surface area contributed by atoms with Gasteiger partial charge in [0.25, 0.3) is 0 Å². The molecule has 5 nitrogen and oxygen atoms in total. The summed E-state index contributed by atoms with van der Waals surface area (Å²) < 4.78 is 11.4. The van der Waals surface area contributed by atoms with Gasteiger partial charge in [0.1, 0.15) is 0 Å². The molecule has 2 heterocycles. The number of rotatable bonds is 7. The molecule has 0 spiro atoms. The lowest BCUT2D eigenvalue weighted by molar-refractivity contribution is -0.123. The van der Waals surface area contributed by atoms with Gasteiger partial charge in [0, 0.05) is 25.5 Å². The van der Waals surface area contributed by atoms with E-state index in [4.69, 9.17) is 9.47 Å². The molecule has 2 aliphatic rings. The third-order valence-corrected chi connectivity index (χ3v) is 4.28. The molecule has 0 aromatic carbocycles. The first kappa shape index (κ1) is 15.7. The third kappa shape index (κ3) is 5.04. The predicted octanol–water partition coefficient (Wildman–Crippen LogP) is 1.08. The number of carbonyl (C=O) groups excluding carboxylic acids is 1. The van der Waals surface area contributed by atoms with Gasteiger partial charge in [0.15, 0.2) is 0 Å². The maximum Gasteiger partial charge on any atom is 0.222 e. The maximum absolute atomic E-state index is 11.8. The van der Waals surface area contributed by atoms with Crippen molar-refractivity contribution in [2.24, 2.45) is 5.92 Å². The molecule has 5 heteroatoms. The summed E-state index contributed by atoms with van der Waals surface area (Å²) in [6.07, 6.45) is 5.31. The van der Waals surface area contributed by atoms with Crippen LogP contribution in [0.15, 0.2) is 0 Å². The Kier molecular flexibility index (Phi) is 6.76. The van der Waals surface area contributed by atoms with Crippen LogP contribution in [0.25, 0.3) is 0 Å². The molecule has 116 valence electrons. The SMILES string of the molecule is CCC1OCCC1CNC(=O)CCOC1CCNCC1. The fourth-order valence-electron chi connectivity index (χ4n) is 2.99. The van der Waals surface area contributed by atoms with Gasteiger partial charge in [-0.15, -0.1) is 0 Å². The van der Waals surface area contributed by atoms with Crippen molar-refractivity contribution in [3.63, 3.8) is 0 Å². The summed E-state index contributed by atoms with van der Waals surface area (Å²) in [5, 5.41) is 6.32. The highest BCUT2D eigenvalue weighted by Crippen LogP contribution is 2.22. The van der Waals surface area contributed by atoms with E-state index < -0.39 is 0 Å². The van der Waals surface area contributed by atoms with Crippen LogP contribution in [0.3, 0.4) is 0 Å². The summed E-state index contributed by atoms with van der Waals surface area (Å²) in [6, 6.07) is 0. The van der Waals surface area contributed by atoms with Gasteiger partial charge in [-0.05, 0) is 38.8 Å². The fraction of sp³-hybridized carbons (Fsp3) is 0.933. The van der Waals surface area contributed by atoms with Crippen LogP contribution in [0.4, 0.5) is 0 Å². The molecule has 2 N–H and O–H groups in total. The third-order valence-electron chi connectivity index (χ3n) is 4.28. The molecule has 0 aromatic rings. The number of nitrogens with one attached hydrogen (secondary N) is 2. The van der Waals surface area contributed by atoms with Crippen molar-refractivity contribution in [3.05, 3.63) is 0 Å². The molecular weight excluding hydrogens is 256 g/mol. The van der Waals surface area contributed by atoms with Crippen LogP contribution < -0.4 is 10.6 Å². The quantitative estimate of drug-likeness (QED) is 0.734. The Morgan fingerprint density at radius 2 is 2.15 bits per heavy atom. The molecule has 1 amide bonds. The number of piperidine rings is 1. The Bertz CT molecular complexity index is 293. The molecule has 0 saturated carbocycles. The van der Waals surface area contributed by atoms with Crippen molar-refractivity contribution in [2.75, 3.05) is 32.8 Å². The number of ether oxygens (including phenoxy) is 2.